The molecule has 4 aromatic rings. The lowest BCUT2D eigenvalue weighted by molar-refractivity contribution is 0.103. The molecule has 0 unspecified atom stereocenters. The van der Waals surface area contributed by atoms with Crippen molar-refractivity contribution in [3.8, 4) is 0 Å². The van der Waals surface area contributed by atoms with Crippen molar-refractivity contribution >= 4 is 72.2 Å². The van der Waals surface area contributed by atoms with E-state index < -0.39 is 15.9 Å². The second kappa shape index (κ2) is 8.19. The topological polar surface area (TPSA) is 101 Å². The third kappa shape index (κ3) is 4.24. The predicted molar refractivity (Wildman–Crippen MR) is 119 cm³/mol. The maximum atomic E-state index is 12.6. The quantitative estimate of drug-likeness (QED) is 0.417. The van der Waals surface area contributed by atoms with E-state index >= 15 is 0 Å². The summed E-state index contributed by atoms with van der Waals surface area (Å²) in [4.78, 5) is 20.7. The molecule has 0 aliphatic carbocycles. The van der Waals surface area contributed by atoms with E-state index in [1.165, 1.54) is 48.0 Å². The molecule has 2 aromatic carbocycles. The van der Waals surface area contributed by atoms with Crippen LogP contribution in [-0.4, -0.2) is 24.3 Å². The van der Waals surface area contributed by atoms with Crippen LogP contribution in [0.4, 0.5) is 11.6 Å². The molecule has 0 radical (unpaired) electrons. The Kier molecular flexibility index (Phi) is 5.61. The van der Waals surface area contributed by atoms with Gasteiger partial charge in [-0.1, -0.05) is 29.3 Å². The first kappa shape index (κ1) is 20.5. The van der Waals surface area contributed by atoms with Gasteiger partial charge in [-0.15, -0.1) is 11.3 Å². The number of nitrogens with one attached hydrogen (secondary N) is 2. The fourth-order valence-corrected chi connectivity index (χ4v) is 5.27. The lowest BCUT2D eigenvalue weighted by atomic mass is 10.2. The highest BCUT2D eigenvalue weighted by molar-refractivity contribution is 7.92. The Hall–Kier alpha value is -2.72. The van der Waals surface area contributed by atoms with Crippen LogP contribution in [0.2, 0.25) is 10.0 Å². The second-order valence-corrected chi connectivity index (χ2v) is 9.59. The number of carbonyl (C=O) groups is 1. The summed E-state index contributed by atoms with van der Waals surface area (Å²) in [5.74, 6) is -0.432. The first-order valence-corrected chi connectivity index (χ1v) is 11.5. The molecule has 0 aliphatic rings. The van der Waals surface area contributed by atoms with Crippen LogP contribution >= 0.6 is 34.5 Å². The molecule has 0 aliphatic heterocycles. The van der Waals surface area contributed by atoms with Gasteiger partial charge in [0.15, 0.2) is 0 Å². The minimum absolute atomic E-state index is 0.00230. The van der Waals surface area contributed by atoms with Crippen LogP contribution in [0.25, 0.3) is 10.1 Å². The lowest BCUT2D eigenvalue weighted by Gasteiger charge is -2.08. The molecular formula is C19H12Cl2N4O3S2. The van der Waals surface area contributed by atoms with Crippen LogP contribution in [0.3, 0.4) is 0 Å². The smallest absolute Gasteiger partial charge is 0.267 e. The number of thiophene rings is 1. The fourth-order valence-electron chi connectivity index (χ4n) is 2.62. The Balaban J connectivity index is 1.52. The number of halogens is 2. The number of fused-ring (bicyclic) bond motifs is 1. The van der Waals surface area contributed by atoms with Gasteiger partial charge in [-0.05, 0) is 42.5 Å². The molecule has 11 heteroatoms. The van der Waals surface area contributed by atoms with E-state index in [4.69, 9.17) is 23.2 Å². The van der Waals surface area contributed by atoms with Gasteiger partial charge in [0.2, 0.25) is 5.95 Å². The van der Waals surface area contributed by atoms with E-state index in [1.807, 2.05) is 0 Å². The number of hydrogen-bond donors (Lipinski definition) is 2. The van der Waals surface area contributed by atoms with Gasteiger partial charge < -0.3 is 5.32 Å². The van der Waals surface area contributed by atoms with Crippen LogP contribution < -0.4 is 10.0 Å². The van der Waals surface area contributed by atoms with Crippen LogP contribution in [0.15, 0.2) is 65.8 Å². The molecule has 0 saturated heterocycles. The van der Waals surface area contributed by atoms with Gasteiger partial charge in [-0.2, -0.15) is 0 Å². The molecule has 2 aromatic heterocycles. The predicted octanol–water partition coefficient (Wildman–Crippen LogP) is 5.05. The summed E-state index contributed by atoms with van der Waals surface area (Å²) in [7, 11) is -3.86. The summed E-state index contributed by atoms with van der Waals surface area (Å²) in [5, 5.41) is 4.36. The number of aromatic nitrogens is 2. The van der Waals surface area contributed by atoms with Crippen molar-refractivity contribution in [3.05, 3.63) is 75.8 Å². The maximum Gasteiger partial charge on any atom is 0.267 e. The summed E-state index contributed by atoms with van der Waals surface area (Å²) in [6.07, 6.45) is 2.85. The Bertz CT molecular complexity index is 1340. The second-order valence-electron chi connectivity index (χ2n) is 6.04. The first-order valence-electron chi connectivity index (χ1n) is 8.42. The van der Waals surface area contributed by atoms with Crippen molar-refractivity contribution in [1.82, 2.24) is 9.97 Å². The number of hydrogen-bond acceptors (Lipinski definition) is 6. The number of nitrogens with zero attached hydrogens (tertiary/aromatic N) is 2. The van der Waals surface area contributed by atoms with Gasteiger partial charge in [-0.25, -0.2) is 23.1 Å². The molecule has 4 rings (SSSR count). The molecule has 0 fully saturated rings. The standard InChI is InChI=1S/C19H12Cl2N4O3S2/c20-11-2-7-14-15(10-11)29-17(16(14)21)18(26)24-12-3-5-13(6-4-12)30(27,28)25-19-22-8-1-9-23-19/h1-10H,(H,24,26)(H,22,23,25). The van der Waals surface area contributed by atoms with E-state index in [-0.39, 0.29) is 10.8 Å². The van der Waals surface area contributed by atoms with E-state index in [9.17, 15) is 13.2 Å². The Morgan fingerprint density at radius 2 is 1.70 bits per heavy atom. The Morgan fingerprint density at radius 1 is 1.00 bits per heavy atom. The third-order valence-corrected chi connectivity index (χ3v) is 7.25. The van der Waals surface area contributed by atoms with Crippen molar-refractivity contribution in [2.75, 3.05) is 10.0 Å². The molecule has 0 atom stereocenters. The van der Waals surface area contributed by atoms with E-state index in [1.54, 1.807) is 24.3 Å². The van der Waals surface area contributed by atoms with Gasteiger partial charge in [-0.3, -0.25) is 4.79 Å². The number of benzene rings is 2. The van der Waals surface area contributed by atoms with Gasteiger partial charge in [0.1, 0.15) is 4.88 Å². The summed E-state index contributed by atoms with van der Waals surface area (Å²) < 4.78 is 27.9. The number of carbonyl (C=O) groups excluding carboxylic acids is 1. The molecule has 7 nitrogen and oxygen atoms in total. The van der Waals surface area contributed by atoms with Crippen molar-refractivity contribution in [3.63, 3.8) is 0 Å². The van der Waals surface area contributed by atoms with Gasteiger partial charge in [0, 0.05) is 33.2 Å². The van der Waals surface area contributed by atoms with Crippen LogP contribution in [0.5, 0.6) is 0 Å². The molecule has 152 valence electrons. The van der Waals surface area contributed by atoms with E-state index in [0.29, 0.717) is 20.6 Å². The van der Waals surface area contributed by atoms with Gasteiger partial charge in [0.05, 0.1) is 9.92 Å². The third-order valence-electron chi connectivity index (χ3n) is 4.01. The fraction of sp³-hybridized carbons (Fsp3) is 0. The molecular weight excluding hydrogens is 467 g/mol. The monoisotopic (exact) mass is 478 g/mol. The SMILES string of the molecule is O=C(Nc1ccc(S(=O)(=O)Nc2ncccn2)cc1)c1sc2cc(Cl)ccc2c1Cl. The van der Waals surface area contributed by atoms with Gasteiger partial charge in [0.25, 0.3) is 15.9 Å². The van der Waals surface area contributed by atoms with E-state index in [2.05, 4.69) is 20.0 Å². The average Bonchev–Trinajstić information content (AvgIpc) is 3.04. The summed E-state index contributed by atoms with van der Waals surface area (Å²) in [6.45, 7) is 0. The average molecular weight is 479 g/mol. The van der Waals surface area contributed by atoms with Crippen molar-refractivity contribution in [1.29, 1.82) is 0 Å². The van der Waals surface area contributed by atoms with Crippen molar-refractivity contribution in [2.45, 2.75) is 4.90 Å². The highest BCUT2D eigenvalue weighted by Gasteiger charge is 2.19. The Morgan fingerprint density at radius 3 is 2.40 bits per heavy atom. The minimum atomic E-state index is -3.86. The van der Waals surface area contributed by atoms with Crippen molar-refractivity contribution < 1.29 is 13.2 Å². The number of anilines is 2. The summed E-state index contributed by atoms with van der Waals surface area (Å²) in [5.41, 5.74) is 0.418. The first-order chi connectivity index (χ1) is 14.3. The minimum Gasteiger partial charge on any atom is -0.321 e. The number of rotatable bonds is 5. The van der Waals surface area contributed by atoms with Gasteiger partial charge >= 0.3 is 0 Å². The molecule has 2 N–H and O–H groups in total. The lowest BCUT2D eigenvalue weighted by Crippen LogP contribution is -2.15. The molecule has 1 amide bonds. The zero-order chi connectivity index (χ0) is 21.3. The summed E-state index contributed by atoms with van der Waals surface area (Å²) >= 11 is 13.6. The number of amides is 1. The molecule has 30 heavy (non-hydrogen) atoms. The summed E-state index contributed by atoms with van der Waals surface area (Å²) in [6, 6.07) is 12.5. The maximum absolute atomic E-state index is 12.6. The highest BCUT2D eigenvalue weighted by Crippen LogP contribution is 2.37. The highest BCUT2D eigenvalue weighted by atomic mass is 35.5. The van der Waals surface area contributed by atoms with Crippen LogP contribution in [0, 0.1) is 0 Å². The molecule has 2 heterocycles. The molecule has 0 saturated carbocycles. The molecule has 0 bridgehead atoms. The van der Waals surface area contributed by atoms with Crippen LogP contribution in [0.1, 0.15) is 9.67 Å². The Labute approximate surface area is 185 Å². The zero-order valence-electron chi connectivity index (χ0n) is 15.0. The normalized spacial score (nSPS) is 11.4. The zero-order valence-corrected chi connectivity index (χ0v) is 18.1. The largest absolute Gasteiger partial charge is 0.321 e. The molecule has 0 spiro atoms. The van der Waals surface area contributed by atoms with Crippen molar-refractivity contribution in [2.24, 2.45) is 0 Å². The van der Waals surface area contributed by atoms with Crippen LogP contribution in [-0.2, 0) is 10.0 Å². The number of sulfonamides is 1. The van der Waals surface area contributed by atoms with E-state index in [0.717, 1.165) is 10.1 Å².